The number of hydrogen-bond acceptors (Lipinski definition) is 1. The maximum absolute atomic E-state index is 10.2. The molecule has 1 nitrogen and oxygen atoms in total. The van der Waals surface area contributed by atoms with Crippen molar-refractivity contribution < 1.29 is 5.11 Å². The van der Waals surface area contributed by atoms with E-state index in [1.807, 2.05) is 0 Å². The predicted octanol–water partition coefficient (Wildman–Crippen LogP) is 3.86. The monoisotopic (exact) mass is 200 g/mol. The summed E-state index contributed by atoms with van der Waals surface area (Å²) in [7, 11) is 0. The Balaban J connectivity index is 4.33. The second kappa shape index (κ2) is 4.65. The Kier molecular flexibility index (Phi) is 4.64. The van der Waals surface area contributed by atoms with Crippen LogP contribution in [0.1, 0.15) is 61.3 Å². The Morgan fingerprint density at radius 2 is 1.50 bits per heavy atom. The molecule has 0 aliphatic rings. The molecule has 86 valence electrons. The lowest BCUT2D eigenvalue weighted by Gasteiger charge is -2.36. The van der Waals surface area contributed by atoms with E-state index in [4.69, 9.17) is 0 Å². The highest BCUT2D eigenvalue weighted by atomic mass is 16.3. The van der Waals surface area contributed by atoms with E-state index < -0.39 is 0 Å². The van der Waals surface area contributed by atoms with Gasteiger partial charge >= 0.3 is 0 Å². The highest BCUT2D eigenvalue weighted by molar-refractivity contribution is 4.82. The molecule has 0 aromatic rings. The molecule has 0 fully saturated rings. The van der Waals surface area contributed by atoms with Crippen molar-refractivity contribution in [3.8, 4) is 0 Å². The van der Waals surface area contributed by atoms with Gasteiger partial charge in [-0.3, -0.25) is 0 Å². The van der Waals surface area contributed by atoms with E-state index in [1.165, 1.54) is 0 Å². The molecule has 0 heterocycles. The van der Waals surface area contributed by atoms with Crippen LogP contribution in [0.25, 0.3) is 0 Å². The summed E-state index contributed by atoms with van der Waals surface area (Å²) in [5.41, 5.74) is 0.356. The summed E-state index contributed by atoms with van der Waals surface area (Å²) < 4.78 is 0. The van der Waals surface area contributed by atoms with Gasteiger partial charge in [-0.05, 0) is 29.6 Å². The molecule has 1 heteroatoms. The highest BCUT2D eigenvalue weighted by Gasteiger charge is 2.32. The third-order valence-corrected chi connectivity index (χ3v) is 3.19. The van der Waals surface area contributed by atoms with Gasteiger partial charge < -0.3 is 5.11 Å². The molecule has 0 amide bonds. The van der Waals surface area contributed by atoms with Gasteiger partial charge in [-0.2, -0.15) is 0 Å². The van der Waals surface area contributed by atoms with Gasteiger partial charge in [0.05, 0.1) is 6.10 Å². The molecule has 14 heavy (non-hydrogen) atoms. The van der Waals surface area contributed by atoms with Crippen molar-refractivity contribution in [3.63, 3.8) is 0 Å². The van der Waals surface area contributed by atoms with Crippen LogP contribution < -0.4 is 0 Å². The van der Waals surface area contributed by atoms with E-state index in [0.717, 1.165) is 12.8 Å². The Bertz CT molecular complexity index is 165. The first-order chi connectivity index (χ1) is 6.10. The van der Waals surface area contributed by atoms with E-state index in [-0.39, 0.29) is 11.5 Å². The van der Waals surface area contributed by atoms with Crippen molar-refractivity contribution in [2.24, 2.45) is 16.7 Å². The van der Waals surface area contributed by atoms with Crippen LogP contribution in [-0.4, -0.2) is 11.2 Å². The van der Waals surface area contributed by atoms with Crippen LogP contribution in [0, 0.1) is 16.7 Å². The average molecular weight is 200 g/mol. The van der Waals surface area contributed by atoms with Crippen molar-refractivity contribution in [1.29, 1.82) is 0 Å². The second-order valence-electron chi connectivity index (χ2n) is 6.53. The zero-order valence-corrected chi connectivity index (χ0v) is 11.0. The molecule has 0 saturated heterocycles. The minimum absolute atomic E-state index is 0.0463. The van der Waals surface area contributed by atoms with Crippen molar-refractivity contribution in [3.05, 3.63) is 0 Å². The zero-order valence-electron chi connectivity index (χ0n) is 11.0. The first-order valence-corrected chi connectivity index (χ1v) is 5.78. The maximum Gasteiger partial charge on any atom is 0.0616 e. The molecule has 2 atom stereocenters. The third-order valence-electron chi connectivity index (χ3n) is 3.19. The van der Waals surface area contributed by atoms with Crippen LogP contribution in [0.15, 0.2) is 0 Å². The molecule has 0 bridgehead atoms. The van der Waals surface area contributed by atoms with E-state index in [9.17, 15) is 5.11 Å². The quantitative estimate of drug-likeness (QED) is 0.730. The second-order valence-corrected chi connectivity index (χ2v) is 6.53. The molecular weight excluding hydrogens is 172 g/mol. The summed E-state index contributed by atoms with van der Waals surface area (Å²) in [6.45, 7) is 15.3. The smallest absolute Gasteiger partial charge is 0.0616 e. The molecule has 0 rings (SSSR count). The van der Waals surface area contributed by atoms with Gasteiger partial charge in [-0.25, -0.2) is 0 Å². The van der Waals surface area contributed by atoms with Crippen LogP contribution in [0.3, 0.4) is 0 Å². The van der Waals surface area contributed by atoms with E-state index in [0.29, 0.717) is 11.3 Å². The molecule has 0 aromatic heterocycles. The fourth-order valence-corrected chi connectivity index (χ4v) is 2.06. The van der Waals surface area contributed by atoms with Crippen molar-refractivity contribution in [2.75, 3.05) is 0 Å². The molecule has 0 saturated carbocycles. The fraction of sp³-hybridized carbons (Fsp3) is 1.00. The Morgan fingerprint density at radius 1 is 1.07 bits per heavy atom. The summed E-state index contributed by atoms with van der Waals surface area (Å²) >= 11 is 0. The normalized spacial score (nSPS) is 18.0. The van der Waals surface area contributed by atoms with Crippen molar-refractivity contribution in [1.82, 2.24) is 0 Å². The number of rotatable bonds is 4. The van der Waals surface area contributed by atoms with Gasteiger partial charge in [0.2, 0.25) is 0 Å². The van der Waals surface area contributed by atoms with E-state index in [1.54, 1.807) is 0 Å². The van der Waals surface area contributed by atoms with Crippen molar-refractivity contribution >= 4 is 0 Å². The van der Waals surface area contributed by atoms with E-state index >= 15 is 0 Å². The summed E-state index contributed by atoms with van der Waals surface area (Å²) in [4.78, 5) is 0. The Labute approximate surface area is 89.9 Å². The minimum atomic E-state index is -0.188. The van der Waals surface area contributed by atoms with Gasteiger partial charge in [0.1, 0.15) is 0 Å². The lowest BCUT2D eigenvalue weighted by atomic mass is 9.73. The molecule has 1 N–H and O–H groups in total. The lowest BCUT2D eigenvalue weighted by Crippen LogP contribution is -2.36. The van der Waals surface area contributed by atoms with Gasteiger partial charge in [-0.15, -0.1) is 0 Å². The number of aliphatic hydroxyl groups excluding tert-OH is 1. The first-order valence-electron chi connectivity index (χ1n) is 5.78. The third kappa shape index (κ3) is 4.45. The summed E-state index contributed by atoms with van der Waals surface area (Å²) in [5, 5.41) is 10.2. The summed E-state index contributed by atoms with van der Waals surface area (Å²) in [5.74, 6) is 0.380. The van der Waals surface area contributed by atoms with Crippen LogP contribution >= 0.6 is 0 Å². The van der Waals surface area contributed by atoms with Crippen LogP contribution in [0.2, 0.25) is 0 Å². The SMILES string of the molecule is CCC(C)(C)C(O)C(C)CC(C)(C)C. The molecule has 0 aromatic carbocycles. The standard InChI is InChI=1S/C13H28O/c1-8-13(6,7)11(14)10(2)9-12(3,4)5/h10-11,14H,8-9H2,1-7H3. The number of hydrogen-bond donors (Lipinski definition) is 1. The van der Waals surface area contributed by atoms with Gasteiger partial charge in [0.15, 0.2) is 0 Å². The first kappa shape index (κ1) is 14.0. The van der Waals surface area contributed by atoms with Crippen molar-refractivity contribution in [2.45, 2.75) is 67.4 Å². The lowest BCUT2D eigenvalue weighted by molar-refractivity contribution is -0.00771. The predicted molar refractivity (Wildman–Crippen MR) is 63.3 cm³/mol. The Hall–Kier alpha value is -0.0400. The maximum atomic E-state index is 10.2. The van der Waals surface area contributed by atoms with Crippen LogP contribution in [0.4, 0.5) is 0 Å². The molecular formula is C13H28O. The summed E-state index contributed by atoms with van der Waals surface area (Å²) in [6.07, 6.45) is 1.92. The van der Waals surface area contributed by atoms with E-state index in [2.05, 4.69) is 48.5 Å². The van der Waals surface area contributed by atoms with Crippen LogP contribution in [-0.2, 0) is 0 Å². The molecule has 0 aliphatic heterocycles. The van der Waals surface area contributed by atoms with Crippen LogP contribution in [0.5, 0.6) is 0 Å². The largest absolute Gasteiger partial charge is 0.392 e. The summed E-state index contributed by atoms with van der Waals surface area (Å²) in [6, 6.07) is 0. The average Bonchev–Trinajstić information content (AvgIpc) is 2.00. The minimum Gasteiger partial charge on any atom is -0.392 e. The molecule has 0 spiro atoms. The number of aliphatic hydroxyl groups is 1. The van der Waals surface area contributed by atoms with Gasteiger partial charge in [-0.1, -0.05) is 48.5 Å². The fourth-order valence-electron chi connectivity index (χ4n) is 2.06. The van der Waals surface area contributed by atoms with Gasteiger partial charge in [0.25, 0.3) is 0 Å². The highest BCUT2D eigenvalue weighted by Crippen LogP contribution is 2.35. The molecule has 2 unspecified atom stereocenters. The Morgan fingerprint density at radius 3 is 1.79 bits per heavy atom. The molecule has 0 aliphatic carbocycles. The van der Waals surface area contributed by atoms with Gasteiger partial charge in [0, 0.05) is 0 Å². The topological polar surface area (TPSA) is 20.2 Å². The molecule has 0 radical (unpaired) electrons. The zero-order chi connectivity index (χ0) is 11.6.